The number of aliphatic hydroxyl groups is 1. The number of fused-ring (bicyclic) bond motifs is 1. The summed E-state index contributed by atoms with van der Waals surface area (Å²) in [5, 5.41) is 10.5. The molecule has 82 valence electrons. The normalized spacial score (nSPS) is 43.7. The Morgan fingerprint density at radius 1 is 1.07 bits per heavy atom. The lowest BCUT2D eigenvalue weighted by Crippen LogP contribution is -2.44. The molecule has 0 aromatic heterocycles. The minimum atomic E-state index is -0.335. The van der Waals surface area contributed by atoms with Gasteiger partial charge in [0.2, 0.25) is 0 Å². The fourth-order valence-electron chi connectivity index (χ4n) is 3.45. The molecule has 0 saturated heterocycles. The summed E-state index contributed by atoms with van der Waals surface area (Å²) >= 11 is 0. The lowest BCUT2D eigenvalue weighted by atomic mass is 9.63. The van der Waals surface area contributed by atoms with Crippen molar-refractivity contribution >= 4 is 0 Å². The van der Waals surface area contributed by atoms with Crippen molar-refractivity contribution in [2.75, 3.05) is 0 Å². The molecule has 0 aliphatic heterocycles. The summed E-state index contributed by atoms with van der Waals surface area (Å²) in [4.78, 5) is 0. The van der Waals surface area contributed by atoms with Crippen molar-refractivity contribution in [1.82, 2.24) is 0 Å². The maximum atomic E-state index is 10.5. The third-order valence-electron chi connectivity index (χ3n) is 4.70. The molecule has 0 amide bonds. The molecule has 0 aromatic carbocycles. The Morgan fingerprint density at radius 2 is 1.71 bits per heavy atom. The second-order valence-corrected chi connectivity index (χ2v) is 5.81. The van der Waals surface area contributed by atoms with Crippen molar-refractivity contribution in [3.05, 3.63) is 0 Å². The molecule has 2 rings (SSSR count). The highest BCUT2D eigenvalue weighted by Gasteiger charge is 2.41. The second kappa shape index (κ2) is 3.84. The van der Waals surface area contributed by atoms with Crippen LogP contribution in [0.5, 0.6) is 0 Å². The monoisotopic (exact) mass is 196 g/mol. The summed E-state index contributed by atoms with van der Waals surface area (Å²) in [5.41, 5.74) is -0.335. The highest BCUT2D eigenvalue weighted by Crippen LogP contribution is 2.46. The van der Waals surface area contributed by atoms with Crippen LogP contribution in [0, 0.1) is 17.8 Å². The Kier molecular flexibility index (Phi) is 2.88. The van der Waals surface area contributed by atoms with E-state index in [0.29, 0.717) is 5.92 Å². The van der Waals surface area contributed by atoms with Gasteiger partial charge in [0.25, 0.3) is 0 Å². The van der Waals surface area contributed by atoms with E-state index < -0.39 is 0 Å². The molecule has 3 unspecified atom stereocenters. The maximum absolute atomic E-state index is 10.5. The Labute approximate surface area is 87.9 Å². The van der Waals surface area contributed by atoms with Crippen LogP contribution >= 0.6 is 0 Å². The highest BCUT2D eigenvalue weighted by atomic mass is 16.3. The average molecular weight is 196 g/mol. The van der Waals surface area contributed by atoms with Crippen LogP contribution in [0.25, 0.3) is 0 Å². The molecule has 0 spiro atoms. The lowest BCUT2D eigenvalue weighted by molar-refractivity contribution is -0.0770. The number of hydrogen-bond donors (Lipinski definition) is 1. The molecule has 0 aromatic rings. The van der Waals surface area contributed by atoms with Gasteiger partial charge in [0.05, 0.1) is 5.60 Å². The van der Waals surface area contributed by atoms with Gasteiger partial charge in [-0.1, -0.05) is 39.5 Å². The molecule has 1 nitrogen and oxygen atoms in total. The number of rotatable bonds is 1. The predicted octanol–water partition coefficient (Wildman–Crippen LogP) is 3.36. The van der Waals surface area contributed by atoms with Crippen LogP contribution < -0.4 is 0 Å². The SMILES string of the molecule is CC(C)C1(O)CCC2CCCCC2C1. The van der Waals surface area contributed by atoms with Crippen molar-refractivity contribution in [2.45, 2.75) is 64.4 Å². The fraction of sp³-hybridized carbons (Fsp3) is 1.00. The van der Waals surface area contributed by atoms with E-state index in [1.54, 1.807) is 0 Å². The zero-order chi connectivity index (χ0) is 10.2. The first-order valence-corrected chi connectivity index (χ1v) is 6.34. The molecule has 2 fully saturated rings. The molecule has 1 N–H and O–H groups in total. The van der Waals surface area contributed by atoms with Gasteiger partial charge in [0.1, 0.15) is 0 Å². The molecule has 14 heavy (non-hydrogen) atoms. The third kappa shape index (κ3) is 1.84. The van der Waals surface area contributed by atoms with Crippen LogP contribution in [0.3, 0.4) is 0 Å². The summed E-state index contributed by atoms with van der Waals surface area (Å²) in [7, 11) is 0. The molecular formula is C13H24O. The van der Waals surface area contributed by atoms with E-state index >= 15 is 0 Å². The fourth-order valence-corrected chi connectivity index (χ4v) is 3.45. The van der Waals surface area contributed by atoms with Crippen molar-refractivity contribution < 1.29 is 5.11 Å². The van der Waals surface area contributed by atoms with E-state index in [1.807, 2.05) is 0 Å². The quantitative estimate of drug-likeness (QED) is 0.682. The van der Waals surface area contributed by atoms with Crippen molar-refractivity contribution in [2.24, 2.45) is 17.8 Å². The van der Waals surface area contributed by atoms with Gasteiger partial charge in [-0.3, -0.25) is 0 Å². The predicted molar refractivity (Wildman–Crippen MR) is 59.1 cm³/mol. The zero-order valence-corrected chi connectivity index (χ0v) is 9.63. The van der Waals surface area contributed by atoms with Gasteiger partial charge in [0.15, 0.2) is 0 Å². The Hall–Kier alpha value is -0.0400. The standard InChI is InChI=1S/C13H24O/c1-10(2)13(14)8-7-11-5-3-4-6-12(11)9-13/h10-12,14H,3-9H2,1-2H3. The summed E-state index contributed by atoms with van der Waals surface area (Å²) < 4.78 is 0. The molecule has 0 heterocycles. The molecule has 2 aliphatic rings. The molecule has 1 heteroatoms. The van der Waals surface area contributed by atoms with Gasteiger partial charge in [-0.15, -0.1) is 0 Å². The lowest BCUT2D eigenvalue weighted by Gasteiger charge is -2.46. The van der Waals surface area contributed by atoms with Crippen LogP contribution in [0.2, 0.25) is 0 Å². The Bertz CT molecular complexity index is 199. The van der Waals surface area contributed by atoms with E-state index in [2.05, 4.69) is 13.8 Å². The molecule has 0 bridgehead atoms. The van der Waals surface area contributed by atoms with E-state index in [0.717, 1.165) is 24.7 Å². The summed E-state index contributed by atoms with van der Waals surface area (Å²) in [6.07, 6.45) is 9.04. The minimum absolute atomic E-state index is 0.335. The van der Waals surface area contributed by atoms with Gasteiger partial charge in [-0.25, -0.2) is 0 Å². The largest absolute Gasteiger partial charge is 0.390 e. The first-order valence-electron chi connectivity index (χ1n) is 6.34. The smallest absolute Gasteiger partial charge is 0.0673 e. The Balaban J connectivity index is 2.02. The van der Waals surface area contributed by atoms with Crippen LogP contribution in [-0.2, 0) is 0 Å². The van der Waals surface area contributed by atoms with Gasteiger partial charge in [0, 0.05) is 0 Å². The van der Waals surface area contributed by atoms with Crippen molar-refractivity contribution in [1.29, 1.82) is 0 Å². The summed E-state index contributed by atoms with van der Waals surface area (Å²) in [6, 6.07) is 0. The molecule has 0 radical (unpaired) electrons. The van der Waals surface area contributed by atoms with E-state index in [9.17, 15) is 5.11 Å². The van der Waals surface area contributed by atoms with Crippen LogP contribution in [0.4, 0.5) is 0 Å². The Morgan fingerprint density at radius 3 is 2.36 bits per heavy atom. The molecule has 3 atom stereocenters. The first-order chi connectivity index (χ1) is 6.62. The van der Waals surface area contributed by atoms with Gasteiger partial charge in [-0.05, 0) is 37.0 Å². The van der Waals surface area contributed by atoms with E-state index in [-0.39, 0.29) is 5.60 Å². The second-order valence-electron chi connectivity index (χ2n) is 5.81. The average Bonchev–Trinajstić information content (AvgIpc) is 2.17. The summed E-state index contributed by atoms with van der Waals surface area (Å²) in [6.45, 7) is 4.34. The van der Waals surface area contributed by atoms with Gasteiger partial charge in [-0.2, -0.15) is 0 Å². The van der Waals surface area contributed by atoms with Crippen LogP contribution in [0.1, 0.15) is 58.8 Å². The minimum Gasteiger partial charge on any atom is -0.390 e. The topological polar surface area (TPSA) is 20.2 Å². The zero-order valence-electron chi connectivity index (χ0n) is 9.63. The summed E-state index contributed by atoms with van der Waals surface area (Å²) in [5.74, 6) is 2.22. The van der Waals surface area contributed by atoms with E-state index in [1.165, 1.54) is 32.1 Å². The number of hydrogen-bond acceptors (Lipinski definition) is 1. The first kappa shape index (κ1) is 10.5. The third-order valence-corrected chi connectivity index (χ3v) is 4.70. The van der Waals surface area contributed by atoms with Crippen molar-refractivity contribution in [3.63, 3.8) is 0 Å². The van der Waals surface area contributed by atoms with Gasteiger partial charge >= 0.3 is 0 Å². The van der Waals surface area contributed by atoms with Crippen LogP contribution in [-0.4, -0.2) is 10.7 Å². The molecular weight excluding hydrogens is 172 g/mol. The molecule has 2 aliphatic carbocycles. The van der Waals surface area contributed by atoms with Gasteiger partial charge < -0.3 is 5.11 Å². The molecule has 2 saturated carbocycles. The van der Waals surface area contributed by atoms with E-state index in [4.69, 9.17) is 0 Å². The van der Waals surface area contributed by atoms with Crippen LogP contribution in [0.15, 0.2) is 0 Å². The maximum Gasteiger partial charge on any atom is 0.0673 e. The highest BCUT2D eigenvalue weighted by molar-refractivity contribution is 4.93. The van der Waals surface area contributed by atoms with Crippen molar-refractivity contribution in [3.8, 4) is 0 Å².